The quantitative estimate of drug-likeness (QED) is 0.356. The molecule has 1 aromatic carbocycles. The Kier molecular flexibility index (Phi) is 8.98. The van der Waals surface area contributed by atoms with Gasteiger partial charge in [-0.25, -0.2) is 0 Å². The van der Waals surface area contributed by atoms with Gasteiger partial charge in [-0.05, 0) is 37.5 Å². The molecule has 2 unspecified atom stereocenters. The summed E-state index contributed by atoms with van der Waals surface area (Å²) in [4.78, 5) is 21.0. The number of halogens is 1. The highest BCUT2D eigenvalue weighted by Gasteiger charge is 2.29. The highest BCUT2D eigenvalue weighted by Crippen LogP contribution is 2.33. The zero-order valence-corrected chi connectivity index (χ0v) is 21.2. The zero-order valence-electron chi connectivity index (χ0n) is 18.8. The second-order valence-corrected chi connectivity index (χ2v) is 8.29. The van der Waals surface area contributed by atoms with E-state index in [0.717, 1.165) is 45.0 Å². The molecular formula is C24H33IN4O3. The molecule has 174 valence electrons. The van der Waals surface area contributed by atoms with Gasteiger partial charge in [0.1, 0.15) is 0 Å². The standard InChI is InChI=1S/C24H32N4O3.HI/c1-18-7-9-19(10-8-18)22-20(5-3-16-31-22)17-26-24(25-2)28-13-11-27(12-14-28)23(29)21-6-4-15-30-21;/h4,6-10,15,20,22H,3,5,11-14,16-17H2,1-2H3,(H,25,26);1H. The summed E-state index contributed by atoms with van der Waals surface area (Å²) in [5, 5.41) is 3.57. The minimum atomic E-state index is -0.0482. The van der Waals surface area contributed by atoms with E-state index in [2.05, 4.69) is 46.4 Å². The molecule has 32 heavy (non-hydrogen) atoms. The number of benzene rings is 1. The number of carbonyl (C=O) groups excluding carboxylic acids is 1. The maximum atomic E-state index is 12.5. The molecule has 0 aliphatic carbocycles. The van der Waals surface area contributed by atoms with E-state index in [1.165, 1.54) is 17.4 Å². The molecule has 3 heterocycles. The Morgan fingerprint density at radius 2 is 1.84 bits per heavy atom. The van der Waals surface area contributed by atoms with Gasteiger partial charge >= 0.3 is 0 Å². The Balaban J connectivity index is 0.00000289. The van der Waals surface area contributed by atoms with Crippen molar-refractivity contribution in [1.82, 2.24) is 15.1 Å². The first-order valence-electron chi connectivity index (χ1n) is 11.1. The molecule has 4 rings (SSSR count). The average Bonchev–Trinajstić information content (AvgIpc) is 3.35. The van der Waals surface area contributed by atoms with Crippen LogP contribution in [0.25, 0.3) is 0 Å². The van der Waals surface area contributed by atoms with Crippen LogP contribution in [0, 0.1) is 12.8 Å². The fourth-order valence-corrected chi connectivity index (χ4v) is 4.41. The average molecular weight is 552 g/mol. The lowest BCUT2D eigenvalue weighted by Gasteiger charge is -2.37. The summed E-state index contributed by atoms with van der Waals surface area (Å²) < 4.78 is 11.4. The summed E-state index contributed by atoms with van der Waals surface area (Å²) >= 11 is 0. The van der Waals surface area contributed by atoms with Crippen molar-refractivity contribution in [2.24, 2.45) is 10.9 Å². The summed E-state index contributed by atoms with van der Waals surface area (Å²) in [6.07, 6.45) is 3.87. The van der Waals surface area contributed by atoms with Crippen LogP contribution in [-0.4, -0.2) is 68.0 Å². The van der Waals surface area contributed by atoms with Gasteiger partial charge in [-0.2, -0.15) is 0 Å². The van der Waals surface area contributed by atoms with Crippen LogP contribution < -0.4 is 5.32 Å². The Hall–Kier alpha value is -2.07. The second kappa shape index (κ2) is 11.7. The number of hydrogen-bond acceptors (Lipinski definition) is 4. The molecule has 1 aromatic heterocycles. The molecule has 8 heteroatoms. The van der Waals surface area contributed by atoms with Crippen molar-refractivity contribution in [3.8, 4) is 0 Å². The van der Waals surface area contributed by atoms with Crippen LogP contribution in [0.2, 0.25) is 0 Å². The zero-order chi connectivity index (χ0) is 21.6. The van der Waals surface area contributed by atoms with Crippen molar-refractivity contribution < 1.29 is 13.9 Å². The third-order valence-electron chi connectivity index (χ3n) is 6.18. The lowest BCUT2D eigenvalue weighted by Crippen LogP contribution is -2.54. The molecule has 2 atom stereocenters. The largest absolute Gasteiger partial charge is 0.459 e. The summed E-state index contributed by atoms with van der Waals surface area (Å²) in [6.45, 7) is 6.53. The monoisotopic (exact) mass is 552 g/mol. The van der Waals surface area contributed by atoms with Gasteiger partial charge in [-0.1, -0.05) is 29.8 Å². The van der Waals surface area contributed by atoms with Gasteiger partial charge < -0.3 is 24.3 Å². The SMILES string of the molecule is CN=C(NCC1CCCOC1c1ccc(C)cc1)N1CCN(C(=O)c2ccco2)CC1.I. The van der Waals surface area contributed by atoms with Crippen molar-refractivity contribution in [1.29, 1.82) is 0 Å². The van der Waals surface area contributed by atoms with Crippen molar-refractivity contribution in [2.75, 3.05) is 46.4 Å². The lowest BCUT2D eigenvalue weighted by molar-refractivity contribution is -0.0267. The molecule has 0 bridgehead atoms. The molecule has 2 aliphatic rings. The second-order valence-electron chi connectivity index (χ2n) is 8.29. The maximum Gasteiger partial charge on any atom is 0.289 e. The number of piperazine rings is 1. The van der Waals surface area contributed by atoms with Crippen LogP contribution in [0.1, 0.15) is 40.6 Å². The predicted molar refractivity (Wildman–Crippen MR) is 136 cm³/mol. The van der Waals surface area contributed by atoms with Crippen molar-refractivity contribution in [3.05, 3.63) is 59.5 Å². The summed E-state index contributed by atoms with van der Waals surface area (Å²) in [5.74, 6) is 1.64. The smallest absolute Gasteiger partial charge is 0.289 e. The van der Waals surface area contributed by atoms with Gasteiger partial charge in [0.05, 0.1) is 12.4 Å². The van der Waals surface area contributed by atoms with E-state index in [1.54, 1.807) is 12.1 Å². The summed E-state index contributed by atoms with van der Waals surface area (Å²) in [7, 11) is 1.82. The third kappa shape index (κ3) is 5.83. The van der Waals surface area contributed by atoms with Crippen LogP contribution >= 0.6 is 24.0 Å². The Labute approximate surface area is 207 Å². The van der Waals surface area contributed by atoms with Crippen LogP contribution in [0.3, 0.4) is 0 Å². The number of amides is 1. The lowest BCUT2D eigenvalue weighted by atomic mass is 9.89. The van der Waals surface area contributed by atoms with E-state index in [9.17, 15) is 4.79 Å². The van der Waals surface area contributed by atoms with Gasteiger partial charge in [0.25, 0.3) is 5.91 Å². The normalized spacial score (nSPS) is 21.8. The Bertz CT molecular complexity index is 877. The van der Waals surface area contributed by atoms with E-state index in [4.69, 9.17) is 9.15 Å². The molecule has 1 N–H and O–H groups in total. The number of guanidine groups is 1. The van der Waals surface area contributed by atoms with Crippen molar-refractivity contribution in [3.63, 3.8) is 0 Å². The Morgan fingerprint density at radius 3 is 2.50 bits per heavy atom. The third-order valence-corrected chi connectivity index (χ3v) is 6.18. The van der Waals surface area contributed by atoms with Gasteiger partial charge in [0.15, 0.2) is 11.7 Å². The molecule has 0 saturated carbocycles. The summed E-state index contributed by atoms with van der Waals surface area (Å²) in [6, 6.07) is 12.1. The first-order valence-corrected chi connectivity index (χ1v) is 11.1. The fraction of sp³-hybridized carbons (Fsp3) is 0.500. The minimum Gasteiger partial charge on any atom is -0.459 e. The number of nitrogens with one attached hydrogen (secondary N) is 1. The highest BCUT2D eigenvalue weighted by molar-refractivity contribution is 14.0. The summed E-state index contributed by atoms with van der Waals surface area (Å²) in [5.41, 5.74) is 2.51. The van der Waals surface area contributed by atoms with E-state index in [-0.39, 0.29) is 36.0 Å². The number of ether oxygens (including phenoxy) is 1. The first-order chi connectivity index (χ1) is 15.2. The minimum absolute atomic E-state index is 0. The fourth-order valence-electron chi connectivity index (χ4n) is 4.41. The topological polar surface area (TPSA) is 70.3 Å². The van der Waals surface area contributed by atoms with Gasteiger partial charge in [0.2, 0.25) is 0 Å². The Morgan fingerprint density at radius 1 is 1.12 bits per heavy atom. The molecule has 2 aliphatic heterocycles. The molecule has 0 spiro atoms. The van der Waals surface area contributed by atoms with Crippen molar-refractivity contribution >= 4 is 35.8 Å². The number of carbonyl (C=O) groups is 1. The van der Waals surface area contributed by atoms with Gasteiger partial charge in [-0.15, -0.1) is 24.0 Å². The van der Waals surface area contributed by atoms with Crippen molar-refractivity contribution in [2.45, 2.75) is 25.9 Å². The highest BCUT2D eigenvalue weighted by atomic mass is 127. The van der Waals surface area contributed by atoms with Crippen LogP contribution in [0.15, 0.2) is 52.1 Å². The van der Waals surface area contributed by atoms with E-state index >= 15 is 0 Å². The number of furan rings is 1. The number of hydrogen-bond donors (Lipinski definition) is 1. The molecule has 1 amide bonds. The number of aryl methyl sites for hydroxylation is 1. The van der Waals surface area contributed by atoms with E-state index in [0.29, 0.717) is 24.8 Å². The number of aliphatic imine (C=N–C) groups is 1. The van der Waals surface area contributed by atoms with Crippen LogP contribution in [0.5, 0.6) is 0 Å². The molecule has 7 nitrogen and oxygen atoms in total. The first kappa shape index (κ1) is 24.6. The van der Waals surface area contributed by atoms with Crippen LogP contribution in [-0.2, 0) is 4.74 Å². The van der Waals surface area contributed by atoms with Crippen LogP contribution in [0.4, 0.5) is 0 Å². The van der Waals surface area contributed by atoms with E-state index in [1.807, 2.05) is 11.9 Å². The number of rotatable bonds is 4. The van der Waals surface area contributed by atoms with Gasteiger partial charge in [0, 0.05) is 52.3 Å². The predicted octanol–water partition coefficient (Wildman–Crippen LogP) is 3.71. The number of nitrogens with zero attached hydrogens (tertiary/aromatic N) is 3. The molecule has 0 radical (unpaired) electrons. The van der Waals surface area contributed by atoms with E-state index < -0.39 is 0 Å². The van der Waals surface area contributed by atoms with Gasteiger partial charge in [-0.3, -0.25) is 9.79 Å². The molecular weight excluding hydrogens is 519 g/mol. The maximum absolute atomic E-state index is 12.5. The molecule has 2 fully saturated rings. The molecule has 2 saturated heterocycles. The molecule has 2 aromatic rings.